The number of ether oxygens (including phenoxy) is 1. The normalized spacial score (nSPS) is 11.1. The minimum atomic E-state index is -1.06. The van der Waals surface area contributed by atoms with Crippen LogP contribution in [0.5, 0.6) is 5.75 Å². The molecule has 0 aliphatic rings. The zero-order valence-electron chi connectivity index (χ0n) is 15.5. The van der Waals surface area contributed by atoms with Gasteiger partial charge in [0.15, 0.2) is 5.60 Å². The summed E-state index contributed by atoms with van der Waals surface area (Å²) in [5.74, 6) is -0.533. The van der Waals surface area contributed by atoms with Gasteiger partial charge in [0.05, 0.1) is 0 Å². The van der Waals surface area contributed by atoms with Crippen molar-refractivity contribution in [3.05, 3.63) is 64.7 Å². The first-order chi connectivity index (χ1) is 12.8. The van der Waals surface area contributed by atoms with Crippen molar-refractivity contribution in [1.29, 1.82) is 0 Å². The average molecular weight is 390 g/mol. The SMILES string of the molecule is CC(C)(Oc1cccc(CCC(=O)O)c1)C(=O)NCCc1cccc(Cl)c1. The summed E-state index contributed by atoms with van der Waals surface area (Å²) in [6.45, 7) is 3.88. The molecule has 2 rings (SSSR count). The summed E-state index contributed by atoms with van der Waals surface area (Å²) in [4.78, 5) is 23.2. The van der Waals surface area contributed by atoms with Crippen LogP contribution in [-0.2, 0) is 22.4 Å². The van der Waals surface area contributed by atoms with E-state index >= 15 is 0 Å². The zero-order chi connectivity index (χ0) is 19.9. The van der Waals surface area contributed by atoms with Crippen molar-refractivity contribution in [2.24, 2.45) is 0 Å². The third-order valence-electron chi connectivity index (χ3n) is 4.03. The molecule has 144 valence electrons. The number of carboxylic acid groups (broad SMARTS) is 1. The Balaban J connectivity index is 1.89. The molecule has 0 fully saturated rings. The first-order valence-electron chi connectivity index (χ1n) is 8.79. The molecule has 2 aromatic rings. The number of halogens is 1. The number of aryl methyl sites for hydroxylation is 1. The Labute approximate surface area is 164 Å². The van der Waals surface area contributed by atoms with E-state index in [-0.39, 0.29) is 12.3 Å². The molecule has 0 aliphatic heterocycles. The Bertz CT molecular complexity index is 804. The summed E-state index contributed by atoms with van der Waals surface area (Å²) in [5.41, 5.74) is 0.847. The molecule has 0 heterocycles. The van der Waals surface area contributed by atoms with Gasteiger partial charge in [-0.2, -0.15) is 0 Å². The molecule has 0 aliphatic carbocycles. The fraction of sp³-hybridized carbons (Fsp3) is 0.333. The summed E-state index contributed by atoms with van der Waals surface area (Å²) in [6.07, 6.45) is 1.14. The second-order valence-electron chi connectivity index (χ2n) is 6.79. The lowest BCUT2D eigenvalue weighted by atomic mass is 10.1. The van der Waals surface area contributed by atoms with Gasteiger partial charge in [-0.3, -0.25) is 9.59 Å². The van der Waals surface area contributed by atoms with Crippen molar-refractivity contribution in [2.75, 3.05) is 6.54 Å². The molecule has 2 N–H and O–H groups in total. The van der Waals surface area contributed by atoms with Crippen LogP contribution < -0.4 is 10.1 Å². The van der Waals surface area contributed by atoms with E-state index in [0.29, 0.717) is 30.2 Å². The molecule has 5 nitrogen and oxygen atoms in total. The van der Waals surface area contributed by atoms with Crippen molar-refractivity contribution >= 4 is 23.5 Å². The Morgan fingerprint density at radius 2 is 1.74 bits per heavy atom. The number of hydrogen-bond acceptors (Lipinski definition) is 3. The molecule has 0 aromatic heterocycles. The molecule has 0 unspecified atom stereocenters. The summed E-state index contributed by atoms with van der Waals surface area (Å²) >= 11 is 5.96. The maximum atomic E-state index is 12.5. The highest BCUT2D eigenvalue weighted by Crippen LogP contribution is 2.21. The number of rotatable bonds is 9. The van der Waals surface area contributed by atoms with Gasteiger partial charge >= 0.3 is 5.97 Å². The first kappa shape index (κ1) is 20.8. The van der Waals surface area contributed by atoms with Crippen molar-refractivity contribution in [3.8, 4) is 5.75 Å². The number of carbonyl (C=O) groups excluding carboxylic acids is 1. The number of amides is 1. The molecule has 0 radical (unpaired) electrons. The van der Waals surface area contributed by atoms with E-state index in [4.69, 9.17) is 21.4 Å². The average Bonchev–Trinajstić information content (AvgIpc) is 2.60. The molecule has 1 amide bonds. The predicted molar refractivity (Wildman–Crippen MR) is 105 cm³/mol. The van der Waals surface area contributed by atoms with Gasteiger partial charge in [-0.1, -0.05) is 35.9 Å². The zero-order valence-corrected chi connectivity index (χ0v) is 16.3. The number of benzene rings is 2. The van der Waals surface area contributed by atoms with Gasteiger partial charge in [-0.15, -0.1) is 0 Å². The fourth-order valence-corrected chi connectivity index (χ4v) is 2.80. The largest absolute Gasteiger partial charge is 0.481 e. The molecule has 0 bridgehead atoms. The minimum absolute atomic E-state index is 0.0524. The Hall–Kier alpha value is -2.53. The van der Waals surface area contributed by atoms with Gasteiger partial charge in [0.2, 0.25) is 0 Å². The van der Waals surface area contributed by atoms with Gasteiger partial charge in [0.1, 0.15) is 5.75 Å². The van der Waals surface area contributed by atoms with Gasteiger partial charge in [0.25, 0.3) is 5.91 Å². The van der Waals surface area contributed by atoms with Gasteiger partial charge in [0, 0.05) is 18.0 Å². The number of aliphatic carboxylic acids is 1. The van der Waals surface area contributed by atoms with Crippen LogP contribution in [0, 0.1) is 0 Å². The second-order valence-corrected chi connectivity index (χ2v) is 7.23. The van der Waals surface area contributed by atoms with E-state index in [1.54, 1.807) is 32.0 Å². The lowest BCUT2D eigenvalue weighted by Crippen LogP contribution is -2.47. The molecule has 0 saturated carbocycles. The third kappa shape index (κ3) is 6.94. The molecule has 0 spiro atoms. The summed E-state index contributed by atoms with van der Waals surface area (Å²) in [5, 5.41) is 12.3. The Morgan fingerprint density at radius 3 is 2.41 bits per heavy atom. The maximum Gasteiger partial charge on any atom is 0.303 e. The topological polar surface area (TPSA) is 75.6 Å². The van der Waals surface area contributed by atoms with Crippen LogP contribution in [0.2, 0.25) is 5.02 Å². The third-order valence-corrected chi connectivity index (χ3v) is 4.27. The number of carboxylic acids is 1. The summed E-state index contributed by atoms with van der Waals surface area (Å²) in [6, 6.07) is 14.7. The summed E-state index contributed by atoms with van der Waals surface area (Å²) in [7, 11) is 0. The molecule has 27 heavy (non-hydrogen) atoms. The van der Waals surface area contributed by atoms with Gasteiger partial charge in [-0.25, -0.2) is 0 Å². The first-order valence-corrected chi connectivity index (χ1v) is 9.16. The molecule has 0 saturated heterocycles. The minimum Gasteiger partial charge on any atom is -0.481 e. The van der Waals surface area contributed by atoms with Crippen molar-refractivity contribution in [2.45, 2.75) is 38.7 Å². The molecule has 6 heteroatoms. The van der Waals surface area contributed by atoms with Gasteiger partial charge < -0.3 is 15.2 Å². The van der Waals surface area contributed by atoms with Crippen LogP contribution in [-0.4, -0.2) is 29.1 Å². The number of carbonyl (C=O) groups is 2. The van der Waals surface area contributed by atoms with E-state index < -0.39 is 11.6 Å². The van der Waals surface area contributed by atoms with Crippen molar-refractivity contribution in [3.63, 3.8) is 0 Å². The highest BCUT2D eigenvalue weighted by atomic mass is 35.5. The lowest BCUT2D eigenvalue weighted by Gasteiger charge is -2.25. The fourth-order valence-electron chi connectivity index (χ4n) is 2.58. The van der Waals surface area contributed by atoms with Gasteiger partial charge in [-0.05, 0) is 62.1 Å². The van der Waals surface area contributed by atoms with Crippen LogP contribution >= 0.6 is 11.6 Å². The van der Waals surface area contributed by atoms with E-state index in [0.717, 1.165) is 11.1 Å². The van der Waals surface area contributed by atoms with E-state index in [1.165, 1.54) is 0 Å². The van der Waals surface area contributed by atoms with E-state index in [2.05, 4.69) is 5.32 Å². The number of hydrogen-bond donors (Lipinski definition) is 2. The summed E-state index contributed by atoms with van der Waals surface area (Å²) < 4.78 is 5.85. The van der Waals surface area contributed by atoms with Crippen molar-refractivity contribution < 1.29 is 19.4 Å². The molecule has 0 atom stereocenters. The van der Waals surface area contributed by atoms with E-state index in [9.17, 15) is 9.59 Å². The van der Waals surface area contributed by atoms with Crippen LogP contribution in [0.1, 0.15) is 31.4 Å². The molecule has 2 aromatic carbocycles. The van der Waals surface area contributed by atoms with Crippen LogP contribution in [0.4, 0.5) is 0 Å². The standard InChI is InChI=1S/C21H24ClNO4/c1-21(2,20(26)23-12-11-16-5-3-7-17(22)13-16)27-18-8-4-6-15(14-18)9-10-19(24)25/h3-8,13-14H,9-12H2,1-2H3,(H,23,26)(H,24,25). The quantitative estimate of drug-likeness (QED) is 0.682. The number of nitrogens with one attached hydrogen (secondary N) is 1. The molecular weight excluding hydrogens is 366 g/mol. The monoisotopic (exact) mass is 389 g/mol. The lowest BCUT2D eigenvalue weighted by molar-refractivity contribution is -0.137. The Morgan fingerprint density at radius 1 is 1.07 bits per heavy atom. The highest BCUT2D eigenvalue weighted by molar-refractivity contribution is 6.30. The maximum absolute atomic E-state index is 12.5. The van der Waals surface area contributed by atoms with E-state index in [1.807, 2.05) is 30.3 Å². The van der Waals surface area contributed by atoms with Crippen LogP contribution in [0.15, 0.2) is 48.5 Å². The highest BCUT2D eigenvalue weighted by Gasteiger charge is 2.29. The van der Waals surface area contributed by atoms with Crippen molar-refractivity contribution in [1.82, 2.24) is 5.32 Å². The van der Waals surface area contributed by atoms with Crippen LogP contribution in [0.25, 0.3) is 0 Å². The molecular formula is C21H24ClNO4. The smallest absolute Gasteiger partial charge is 0.303 e. The second kappa shape index (κ2) is 9.42. The Kier molecular flexibility index (Phi) is 7.25. The predicted octanol–water partition coefficient (Wildman–Crippen LogP) is 3.87. The van der Waals surface area contributed by atoms with Crippen LogP contribution in [0.3, 0.4) is 0 Å².